The number of ether oxygens (including phenoxy) is 1. The minimum absolute atomic E-state index is 0.913. The van der Waals surface area contributed by atoms with Gasteiger partial charge in [-0.2, -0.15) is 0 Å². The van der Waals surface area contributed by atoms with Crippen LogP contribution in [0.25, 0.3) is 0 Å². The van der Waals surface area contributed by atoms with Gasteiger partial charge in [-0.25, -0.2) is 0 Å². The van der Waals surface area contributed by atoms with Gasteiger partial charge in [-0.3, -0.25) is 0 Å². The number of rotatable bonds is 4. The molecule has 0 aromatic heterocycles. The molecule has 0 amide bonds. The SMILES string of the molecule is COCCCP(C)(C)(C)I. The number of halogens is 1. The summed E-state index contributed by atoms with van der Waals surface area (Å²) in [6, 6.07) is 0. The molecule has 10 heavy (non-hydrogen) atoms. The number of methoxy groups -OCH3 is 1. The molecule has 0 aliphatic heterocycles. The van der Waals surface area contributed by atoms with E-state index in [1.165, 1.54) is 12.6 Å². The van der Waals surface area contributed by atoms with Crippen molar-refractivity contribution in [3.63, 3.8) is 0 Å². The molecule has 0 rings (SSSR count). The van der Waals surface area contributed by atoms with E-state index < -0.39 is 4.25 Å². The molecule has 0 radical (unpaired) electrons. The first-order valence-electron chi connectivity index (χ1n) is 3.52. The van der Waals surface area contributed by atoms with Gasteiger partial charge in [-0.05, 0) is 0 Å². The van der Waals surface area contributed by atoms with Crippen molar-refractivity contribution >= 4 is 26.3 Å². The van der Waals surface area contributed by atoms with Gasteiger partial charge in [-0.15, -0.1) is 0 Å². The zero-order valence-corrected chi connectivity index (χ0v) is 10.4. The normalized spacial score (nSPS) is 16.3. The molecule has 0 aromatic carbocycles. The van der Waals surface area contributed by atoms with Crippen LogP contribution < -0.4 is 0 Å². The third-order valence-electron chi connectivity index (χ3n) is 1.26. The monoisotopic (exact) mass is 276 g/mol. The number of hydrogen-bond acceptors (Lipinski definition) is 1. The molecular weight excluding hydrogens is 258 g/mol. The van der Waals surface area contributed by atoms with Crippen molar-refractivity contribution in [3.8, 4) is 0 Å². The fraction of sp³-hybridized carbons (Fsp3) is 1.00. The summed E-state index contributed by atoms with van der Waals surface area (Å²) in [4.78, 5) is 0. The van der Waals surface area contributed by atoms with Crippen LogP contribution in [0.4, 0.5) is 0 Å². The van der Waals surface area contributed by atoms with Crippen molar-refractivity contribution in [3.05, 3.63) is 0 Å². The van der Waals surface area contributed by atoms with Crippen LogP contribution in [0.15, 0.2) is 0 Å². The van der Waals surface area contributed by atoms with E-state index in [2.05, 4.69) is 42.0 Å². The average Bonchev–Trinajstić information content (AvgIpc) is 1.61. The van der Waals surface area contributed by atoms with Gasteiger partial charge in [0.05, 0.1) is 0 Å². The second kappa shape index (κ2) is 3.68. The fourth-order valence-corrected chi connectivity index (χ4v) is 2.96. The molecule has 0 N–H and O–H groups in total. The van der Waals surface area contributed by atoms with Crippen LogP contribution >= 0.6 is 26.3 Å². The van der Waals surface area contributed by atoms with E-state index in [9.17, 15) is 0 Å². The molecule has 0 spiro atoms. The molecular formula is C7H18IOP. The summed E-state index contributed by atoms with van der Waals surface area (Å²) in [6.45, 7) is 8.09. The van der Waals surface area contributed by atoms with E-state index in [4.69, 9.17) is 4.74 Å². The van der Waals surface area contributed by atoms with Crippen molar-refractivity contribution in [1.29, 1.82) is 0 Å². The van der Waals surface area contributed by atoms with Crippen molar-refractivity contribution in [2.24, 2.45) is 0 Å². The molecule has 0 saturated heterocycles. The molecule has 0 bridgehead atoms. The van der Waals surface area contributed by atoms with E-state index >= 15 is 0 Å². The maximum atomic E-state index is 5.00. The average molecular weight is 276 g/mol. The summed E-state index contributed by atoms with van der Waals surface area (Å²) in [5.41, 5.74) is 0. The molecule has 0 aliphatic carbocycles. The summed E-state index contributed by atoms with van der Waals surface area (Å²) >= 11 is 2.63. The van der Waals surface area contributed by atoms with Gasteiger partial charge in [0.1, 0.15) is 0 Å². The molecule has 0 fully saturated rings. The van der Waals surface area contributed by atoms with Crippen molar-refractivity contribution in [2.45, 2.75) is 6.42 Å². The Morgan fingerprint density at radius 1 is 1.30 bits per heavy atom. The van der Waals surface area contributed by atoms with Gasteiger partial charge in [0.2, 0.25) is 0 Å². The summed E-state index contributed by atoms with van der Waals surface area (Å²) < 4.78 is 3.74. The molecule has 0 unspecified atom stereocenters. The van der Waals surface area contributed by atoms with Gasteiger partial charge in [0, 0.05) is 0 Å². The van der Waals surface area contributed by atoms with Crippen molar-refractivity contribution in [1.82, 2.24) is 0 Å². The number of hydrogen-bond donors (Lipinski definition) is 0. The van der Waals surface area contributed by atoms with Gasteiger partial charge < -0.3 is 0 Å². The Kier molecular flexibility index (Phi) is 4.09. The standard InChI is InChI=1S/C7H18IOP/c1-9-6-5-7-10(2,3,4)8/h5-7H2,1-4H3. The van der Waals surface area contributed by atoms with E-state index in [1.807, 2.05) is 0 Å². The first-order valence-corrected chi connectivity index (χ1v) is 10.1. The fourth-order valence-electron chi connectivity index (χ4n) is 0.743. The molecule has 3 heteroatoms. The molecule has 1 nitrogen and oxygen atoms in total. The third kappa shape index (κ3) is 9.12. The van der Waals surface area contributed by atoms with Crippen molar-refractivity contribution in [2.75, 3.05) is 39.9 Å². The zero-order chi connectivity index (χ0) is 8.28. The Bertz CT molecular complexity index is 96.7. The maximum absolute atomic E-state index is 5.00. The second-order valence-electron chi connectivity index (χ2n) is 3.99. The van der Waals surface area contributed by atoms with E-state index in [-0.39, 0.29) is 0 Å². The predicted molar refractivity (Wildman–Crippen MR) is 60.1 cm³/mol. The van der Waals surface area contributed by atoms with Crippen LogP contribution in [0.2, 0.25) is 0 Å². The predicted octanol–water partition coefficient (Wildman–Crippen LogP) is 2.82. The molecule has 0 atom stereocenters. The minimum atomic E-state index is -1.26. The van der Waals surface area contributed by atoms with Crippen molar-refractivity contribution < 1.29 is 4.74 Å². The quantitative estimate of drug-likeness (QED) is 0.436. The van der Waals surface area contributed by atoms with Gasteiger partial charge in [-0.1, -0.05) is 0 Å². The molecule has 0 heterocycles. The second-order valence-corrected chi connectivity index (χ2v) is 21.0. The van der Waals surface area contributed by atoms with E-state index in [0.717, 1.165) is 6.61 Å². The summed E-state index contributed by atoms with van der Waals surface area (Å²) in [6.07, 6.45) is 2.54. The van der Waals surface area contributed by atoms with Gasteiger partial charge in [0.25, 0.3) is 0 Å². The van der Waals surface area contributed by atoms with Crippen LogP contribution in [-0.2, 0) is 4.74 Å². The Morgan fingerprint density at radius 2 is 1.80 bits per heavy atom. The Balaban J connectivity index is 3.49. The molecule has 0 saturated carbocycles. The zero-order valence-electron chi connectivity index (χ0n) is 7.35. The third-order valence-corrected chi connectivity index (χ3v) is 4.54. The van der Waals surface area contributed by atoms with Crippen LogP contribution in [0.5, 0.6) is 0 Å². The molecule has 0 aromatic rings. The van der Waals surface area contributed by atoms with E-state index in [0.29, 0.717) is 0 Å². The van der Waals surface area contributed by atoms with E-state index in [1.54, 1.807) is 7.11 Å². The van der Waals surface area contributed by atoms with Crippen LogP contribution in [0.1, 0.15) is 6.42 Å². The van der Waals surface area contributed by atoms with Gasteiger partial charge >= 0.3 is 77.3 Å². The van der Waals surface area contributed by atoms with Crippen LogP contribution in [-0.4, -0.2) is 39.9 Å². The Morgan fingerprint density at radius 3 is 2.10 bits per heavy atom. The Hall–Kier alpha value is 1.12. The Labute approximate surface area is 77.3 Å². The summed E-state index contributed by atoms with van der Waals surface area (Å²) in [5.74, 6) is 0. The summed E-state index contributed by atoms with van der Waals surface area (Å²) in [5, 5.41) is 0. The van der Waals surface area contributed by atoms with Gasteiger partial charge in [0.15, 0.2) is 0 Å². The molecule has 0 aliphatic rings. The topological polar surface area (TPSA) is 9.23 Å². The molecule has 64 valence electrons. The van der Waals surface area contributed by atoms with Crippen LogP contribution in [0.3, 0.4) is 0 Å². The summed E-state index contributed by atoms with van der Waals surface area (Å²) in [7, 11) is 1.77. The van der Waals surface area contributed by atoms with Crippen LogP contribution in [0, 0.1) is 0 Å². The first-order chi connectivity index (χ1) is 4.31. The first kappa shape index (κ1) is 11.1.